The molecule has 1 aromatic rings. The van der Waals surface area contributed by atoms with Gasteiger partial charge in [-0.2, -0.15) is 0 Å². The molecular weight excluding hydrogens is 270 g/mol. The Labute approximate surface area is 111 Å². The van der Waals surface area contributed by atoms with Crippen LogP contribution >= 0.6 is 11.3 Å². The van der Waals surface area contributed by atoms with Gasteiger partial charge < -0.3 is 0 Å². The second-order valence-corrected chi connectivity index (χ2v) is 7.47. The first kappa shape index (κ1) is 13.6. The molecule has 0 radical (unpaired) electrons. The SMILES string of the molecule is Cc1nnc(S(=O)(=O)NCCC2=CCCCC2)s1. The van der Waals surface area contributed by atoms with Crippen LogP contribution in [0.5, 0.6) is 0 Å². The van der Waals surface area contributed by atoms with Crippen LogP contribution < -0.4 is 4.72 Å². The fourth-order valence-corrected chi connectivity index (χ4v) is 3.96. The van der Waals surface area contributed by atoms with Gasteiger partial charge in [0.25, 0.3) is 10.0 Å². The van der Waals surface area contributed by atoms with Crippen molar-refractivity contribution in [2.75, 3.05) is 6.54 Å². The molecule has 1 aliphatic rings. The Bertz CT molecular complexity index is 534. The zero-order chi connectivity index (χ0) is 13.0. The smallest absolute Gasteiger partial charge is 0.209 e. The minimum absolute atomic E-state index is 0.0534. The Morgan fingerprint density at radius 1 is 1.39 bits per heavy atom. The van der Waals surface area contributed by atoms with Gasteiger partial charge in [-0.1, -0.05) is 23.0 Å². The van der Waals surface area contributed by atoms with Crippen molar-refractivity contribution in [3.8, 4) is 0 Å². The van der Waals surface area contributed by atoms with Crippen LogP contribution in [0.1, 0.15) is 37.1 Å². The summed E-state index contributed by atoms with van der Waals surface area (Å²) >= 11 is 1.09. The molecule has 7 heteroatoms. The Morgan fingerprint density at radius 3 is 2.83 bits per heavy atom. The van der Waals surface area contributed by atoms with Crippen LogP contribution in [-0.4, -0.2) is 25.2 Å². The van der Waals surface area contributed by atoms with Crippen LogP contribution in [-0.2, 0) is 10.0 Å². The maximum atomic E-state index is 11.9. The first-order valence-electron chi connectivity index (χ1n) is 6.05. The van der Waals surface area contributed by atoms with Gasteiger partial charge in [0.2, 0.25) is 4.34 Å². The molecule has 0 aromatic carbocycles. The molecule has 0 bridgehead atoms. The normalized spacial score (nSPS) is 16.6. The van der Waals surface area contributed by atoms with Crippen LogP contribution in [0.15, 0.2) is 16.0 Å². The zero-order valence-corrected chi connectivity index (χ0v) is 12.0. The van der Waals surface area contributed by atoms with E-state index in [1.807, 2.05) is 0 Å². The molecule has 0 amide bonds. The molecule has 1 aliphatic carbocycles. The van der Waals surface area contributed by atoms with Crippen molar-refractivity contribution < 1.29 is 8.42 Å². The number of hydrogen-bond acceptors (Lipinski definition) is 5. The van der Waals surface area contributed by atoms with Crippen LogP contribution in [0, 0.1) is 6.92 Å². The highest BCUT2D eigenvalue weighted by atomic mass is 32.2. The molecule has 0 unspecified atom stereocenters. The van der Waals surface area contributed by atoms with Gasteiger partial charge >= 0.3 is 0 Å². The van der Waals surface area contributed by atoms with Gasteiger partial charge in [0, 0.05) is 6.54 Å². The van der Waals surface area contributed by atoms with Gasteiger partial charge in [-0.15, -0.1) is 10.2 Å². The van der Waals surface area contributed by atoms with Gasteiger partial charge in [-0.25, -0.2) is 13.1 Å². The van der Waals surface area contributed by atoms with E-state index in [0.717, 1.165) is 30.6 Å². The Morgan fingerprint density at radius 2 is 2.22 bits per heavy atom. The lowest BCUT2D eigenvalue weighted by Crippen LogP contribution is -2.25. The molecule has 1 aromatic heterocycles. The van der Waals surface area contributed by atoms with Gasteiger partial charge in [-0.05, 0) is 39.0 Å². The quantitative estimate of drug-likeness (QED) is 0.841. The second kappa shape index (κ2) is 5.90. The largest absolute Gasteiger partial charge is 0.269 e. The molecule has 18 heavy (non-hydrogen) atoms. The van der Waals surface area contributed by atoms with Crippen molar-refractivity contribution in [3.63, 3.8) is 0 Å². The van der Waals surface area contributed by atoms with Crippen LogP contribution in [0.2, 0.25) is 0 Å². The highest BCUT2D eigenvalue weighted by Gasteiger charge is 2.18. The lowest BCUT2D eigenvalue weighted by atomic mass is 9.97. The molecule has 0 atom stereocenters. The second-order valence-electron chi connectivity index (χ2n) is 4.34. The van der Waals surface area contributed by atoms with E-state index in [-0.39, 0.29) is 4.34 Å². The standard InChI is InChI=1S/C11H17N3O2S2/c1-9-13-14-11(17-9)18(15,16)12-8-7-10-5-3-2-4-6-10/h5,12H,2-4,6-8H2,1H3. The molecular formula is C11H17N3O2S2. The predicted molar refractivity (Wildman–Crippen MR) is 71.0 cm³/mol. The van der Waals surface area contributed by atoms with E-state index in [4.69, 9.17) is 0 Å². The average molecular weight is 287 g/mol. The predicted octanol–water partition coefficient (Wildman–Crippen LogP) is 2.02. The number of aromatic nitrogens is 2. The number of allylic oxidation sites excluding steroid dienone is 1. The highest BCUT2D eigenvalue weighted by Crippen LogP contribution is 2.20. The number of aryl methyl sites for hydroxylation is 1. The summed E-state index contributed by atoms with van der Waals surface area (Å²) in [5, 5.41) is 8.03. The molecule has 2 rings (SSSR count). The fraction of sp³-hybridized carbons (Fsp3) is 0.636. The summed E-state index contributed by atoms with van der Waals surface area (Å²) in [4.78, 5) is 0. The zero-order valence-electron chi connectivity index (χ0n) is 10.3. The molecule has 0 spiro atoms. The lowest BCUT2D eigenvalue weighted by molar-refractivity contribution is 0.577. The minimum atomic E-state index is -3.47. The summed E-state index contributed by atoms with van der Waals surface area (Å²) in [7, 11) is -3.47. The van der Waals surface area contributed by atoms with Gasteiger partial charge in [-0.3, -0.25) is 0 Å². The summed E-state index contributed by atoms with van der Waals surface area (Å²) in [5.41, 5.74) is 1.36. The number of sulfonamides is 1. The number of rotatable bonds is 5. The van der Waals surface area contributed by atoms with E-state index in [2.05, 4.69) is 21.0 Å². The molecule has 0 aliphatic heterocycles. The monoisotopic (exact) mass is 287 g/mol. The summed E-state index contributed by atoms with van der Waals surface area (Å²) in [5.74, 6) is 0. The molecule has 1 heterocycles. The van der Waals surface area contributed by atoms with E-state index in [0.29, 0.717) is 11.6 Å². The maximum absolute atomic E-state index is 11.9. The van der Waals surface area contributed by atoms with Crippen molar-refractivity contribution in [2.24, 2.45) is 0 Å². The molecule has 0 saturated carbocycles. The van der Waals surface area contributed by atoms with Crippen molar-refractivity contribution in [1.82, 2.24) is 14.9 Å². The molecule has 100 valence electrons. The third kappa shape index (κ3) is 3.60. The molecule has 0 fully saturated rings. The van der Waals surface area contributed by atoms with Gasteiger partial charge in [0.1, 0.15) is 5.01 Å². The van der Waals surface area contributed by atoms with Crippen LogP contribution in [0.4, 0.5) is 0 Å². The van der Waals surface area contributed by atoms with Crippen LogP contribution in [0.25, 0.3) is 0 Å². The van der Waals surface area contributed by atoms with Crippen molar-refractivity contribution in [2.45, 2.75) is 43.4 Å². The molecule has 5 nitrogen and oxygen atoms in total. The number of nitrogens with one attached hydrogen (secondary N) is 1. The molecule has 1 N–H and O–H groups in total. The molecule has 0 saturated heterocycles. The fourth-order valence-electron chi connectivity index (χ4n) is 1.93. The van der Waals surface area contributed by atoms with Gasteiger partial charge in [0.15, 0.2) is 0 Å². The van der Waals surface area contributed by atoms with E-state index >= 15 is 0 Å². The van der Waals surface area contributed by atoms with E-state index in [9.17, 15) is 8.42 Å². The summed E-state index contributed by atoms with van der Waals surface area (Å²) < 4.78 is 26.4. The van der Waals surface area contributed by atoms with Crippen molar-refractivity contribution in [1.29, 1.82) is 0 Å². The van der Waals surface area contributed by atoms with E-state index in [1.54, 1.807) is 6.92 Å². The third-order valence-electron chi connectivity index (χ3n) is 2.86. The number of nitrogens with zero attached hydrogens (tertiary/aromatic N) is 2. The Kier molecular flexibility index (Phi) is 4.47. The Balaban J connectivity index is 1.87. The first-order valence-corrected chi connectivity index (χ1v) is 8.35. The highest BCUT2D eigenvalue weighted by molar-refractivity contribution is 7.91. The number of hydrogen-bond donors (Lipinski definition) is 1. The summed E-state index contributed by atoms with van der Waals surface area (Å²) in [6.45, 7) is 2.18. The Hall–Kier alpha value is -0.790. The van der Waals surface area contributed by atoms with Crippen molar-refractivity contribution >= 4 is 21.4 Å². The van der Waals surface area contributed by atoms with Gasteiger partial charge in [0.05, 0.1) is 0 Å². The lowest BCUT2D eigenvalue weighted by Gasteiger charge is -2.12. The average Bonchev–Trinajstić information content (AvgIpc) is 2.78. The topological polar surface area (TPSA) is 72.0 Å². The van der Waals surface area contributed by atoms with Crippen molar-refractivity contribution in [3.05, 3.63) is 16.7 Å². The summed E-state index contributed by atoms with van der Waals surface area (Å²) in [6, 6.07) is 0. The van der Waals surface area contributed by atoms with E-state index < -0.39 is 10.0 Å². The maximum Gasteiger partial charge on any atom is 0.269 e. The summed E-state index contributed by atoms with van der Waals surface area (Å²) in [6.07, 6.45) is 7.70. The van der Waals surface area contributed by atoms with Crippen LogP contribution in [0.3, 0.4) is 0 Å². The third-order valence-corrected chi connectivity index (χ3v) is 5.53. The van der Waals surface area contributed by atoms with E-state index in [1.165, 1.54) is 18.4 Å². The minimum Gasteiger partial charge on any atom is -0.209 e. The first-order chi connectivity index (χ1) is 8.58.